The fourth-order valence-electron chi connectivity index (χ4n) is 4.04. The summed E-state index contributed by atoms with van der Waals surface area (Å²) in [5.41, 5.74) is 3.94. The zero-order chi connectivity index (χ0) is 21.4. The molecular formula is C26H19ClN2OS. The number of aromatic amines is 1. The van der Waals surface area contributed by atoms with Gasteiger partial charge in [0.25, 0.3) is 5.56 Å². The van der Waals surface area contributed by atoms with Crippen molar-refractivity contribution in [3.8, 4) is 11.1 Å². The summed E-state index contributed by atoms with van der Waals surface area (Å²) in [7, 11) is 0. The molecule has 3 nitrogen and oxygen atoms in total. The van der Waals surface area contributed by atoms with E-state index < -0.39 is 0 Å². The lowest BCUT2D eigenvalue weighted by molar-refractivity contribution is 0.860. The molecule has 0 spiro atoms. The third kappa shape index (κ3) is 3.69. The highest BCUT2D eigenvalue weighted by Gasteiger charge is 2.22. The summed E-state index contributed by atoms with van der Waals surface area (Å²) < 4.78 is 0. The molecule has 0 unspecified atom stereocenters. The predicted octanol–water partition coefficient (Wildman–Crippen LogP) is 6.79. The summed E-state index contributed by atoms with van der Waals surface area (Å²) in [5, 5.41) is 1.30. The molecule has 0 radical (unpaired) electrons. The molecule has 0 saturated heterocycles. The van der Waals surface area contributed by atoms with E-state index in [9.17, 15) is 4.79 Å². The Bertz CT molecular complexity index is 1370. The largest absolute Gasteiger partial charge is 0.309 e. The van der Waals surface area contributed by atoms with Gasteiger partial charge in [-0.1, -0.05) is 84.4 Å². The zero-order valence-electron chi connectivity index (χ0n) is 16.8. The van der Waals surface area contributed by atoms with Gasteiger partial charge in [-0.3, -0.25) is 4.79 Å². The number of H-pyrrole nitrogens is 1. The van der Waals surface area contributed by atoms with Gasteiger partial charge in [-0.15, -0.1) is 11.3 Å². The van der Waals surface area contributed by atoms with Gasteiger partial charge in [0.05, 0.1) is 11.3 Å². The van der Waals surface area contributed by atoms with Gasteiger partial charge in [-0.25, -0.2) is 4.98 Å². The van der Waals surface area contributed by atoms with Crippen molar-refractivity contribution in [2.45, 2.75) is 12.8 Å². The van der Waals surface area contributed by atoms with Crippen molar-refractivity contribution in [1.29, 1.82) is 0 Å². The minimum atomic E-state index is -0.152. The Kier molecular flexibility index (Phi) is 5.18. The molecule has 5 aromatic rings. The predicted molar refractivity (Wildman–Crippen MR) is 129 cm³/mol. The molecule has 0 amide bonds. The minimum absolute atomic E-state index is 0.119. The average molecular weight is 443 g/mol. The van der Waals surface area contributed by atoms with E-state index in [1.54, 1.807) is 11.3 Å². The van der Waals surface area contributed by atoms with Gasteiger partial charge in [-0.05, 0) is 35.7 Å². The van der Waals surface area contributed by atoms with Crippen LogP contribution in [0.3, 0.4) is 0 Å². The van der Waals surface area contributed by atoms with Gasteiger partial charge in [0.15, 0.2) is 0 Å². The molecule has 2 heterocycles. The average Bonchev–Trinajstić information content (AvgIpc) is 3.12. The van der Waals surface area contributed by atoms with Crippen LogP contribution in [0.5, 0.6) is 0 Å². The second-order valence-electron chi connectivity index (χ2n) is 7.43. The topological polar surface area (TPSA) is 45.8 Å². The van der Waals surface area contributed by atoms with Crippen LogP contribution in [0.15, 0.2) is 89.7 Å². The molecule has 1 N–H and O–H groups in total. The monoisotopic (exact) mass is 442 g/mol. The fourth-order valence-corrected chi connectivity index (χ4v) is 5.21. The highest BCUT2D eigenvalue weighted by molar-refractivity contribution is 7.19. The van der Waals surface area contributed by atoms with Crippen molar-refractivity contribution in [1.82, 2.24) is 9.97 Å². The maximum atomic E-state index is 13.3. The zero-order valence-corrected chi connectivity index (χ0v) is 18.4. The van der Waals surface area contributed by atoms with Crippen molar-refractivity contribution in [2.75, 3.05) is 0 Å². The van der Waals surface area contributed by atoms with E-state index in [1.165, 1.54) is 0 Å². The molecule has 0 saturated carbocycles. The number of nitrogens with zero attached hydrogens (tertiary/aromatic N) is 1. The van der Waals surface area contributed by atoms with E-state index in [2.05, 4.69) is 29.2 Å². The van der Waals surface area contributed by atoms with Crippen LogP contribution in [0.25, 0.3) is 21.3 Å². The van der Waals surface area contributed by atoms with Crippen LogP contribution in [-0.4, -0.2) is 9.97 Å². The Morgan fingerprint density at radius 1 is 0.871 bits per heavy atom. The van der Waals surface area contributed by atoms with Crippen molar-refractivity contribution in [3.63, 3.8) is 0 Å². The van der Waals surface area contributed by atoms with E-state index in [1.807, 2.05) is 67.6 Å². The third-order valence-electron chi connectivity index (χ3n) is 5.43. The number of fused-ring (bicyclic) bond motifs is 1. The lowest BCUT2D eigenvalue weighted by atomic mass is 9.90. The molecule has 0 bridgehead atoms. The quantitative estimate of drug-likeness (QED) is 0.333. The maximum absolute atomic E-state index is 13.3. The number of halogens is 1. The smallest absolute Gasteiger partial charge is 0.260 e. The van der Waals surface area contributed by atoms with E-state index in [0.717, 1.165) is 32.0 Å². The number of rotatable bonds is 4. The number of hydrogen-bond donors (Lipinski definition) is 1. The van der Waals surface area contributed by atoms with Crippen LogP contribution in [0, 0.1) is 6.92 Å². The van der Waals surface area contributed by atoms with Crippen molar-refractivity contribution < 1.29 is 0 Å². The first-order valence-electron chi connectivity index (χ1n) is 10.0. The van der Waals surface area contributed by atoms with E-state index in [-0.39, 0.29) is 11.5 Å². The Morgan fingerprint density at radius 3 is 2.03 bits per heavy atom. The van der Waals surface area contributed by atoms with Crippen LogP contribution in [0.2, 0.25) is 5.02 Å². The Hall–Kier alpha value is -3.21. The minimum Gasteiger partial charge on any atom is -0.309 e. The number of nitrogens with one attached hydrogen (secondary N) is 1. The maximum Gasteiger partial charge on any atom is 0.260 e. The Morgan fingerprint density at radius 2 is 1.45 bits per heavy atom. The molecule has 0 aliphatic rings. The van der Waals surface area contributed by atoms with Crippen LogP contribution in [-0.2, 0) is 0 Å². The SMILES string of the molecule is Cc1sc2nc(C(c3ccccc3)c3ccccc3)[nH]c(=O)c2c1-c1ccc(Cl)cc1. The van der Waals surface area contributed by atoms with Crippen LogP contribution in [0.4, 0.5) is 0 Å². The van der Waals surface area contributed by atoms with Gasteiger partial charge in [0, 0.05) is 15.5 Å². The van der Waals surface area contributed by atoms with Gasteiger partial charge >= 0.3 is 0 Å². The fraction of sp³-hybridized carbons (Fsp3) is 0.0769. The first-order valence-corrected chi connectivity index (χ1v) is 11.2. The lowest BCUT2D eigenvalue weighted by Gasteiger charge is -2.17. The number of thiophene rings is 1. The number of aromatic nitrogens is 2. The number of aryl methyl sites for hydroxylation is 1. The summed E-state index contributed by atoms with van der Waals surface area (Å²) in [6.07, 6.45) is 0. The molecule has 0 aliphatic carbocycles. The molecule has 0 atom stereocenters. The molecule has 0 fully saturated rings. The summed E-state index contributed by atoms with van der Waals surface area (Å²) in [6, 6.07) is 27.9. The van der Waals surface area contributed by atoms with Crippen LogP contribution in [0.1, 0.15) is 27.7 Å². The highest BCUT2D eigenvalue weighted by atomic mass is 35.5. The Labute approximate surface area is 189 Å². The van der Waals surface area contributed by atoms with Gasteiger partial charge in [0.2, 0.25) is 0 Å². The molecule has 3 aromatic carbocycles. The van der Waals surface area contributed by atoms with Gasteiger partial charge in [0.1, 0.15) is 10.7 Å². The van der Waals surface area contributed by atoms with E-state index >= 15 is 0 Å². The Balaban J connectivity index is 1.72. The van der Waals surface area contributed by atoms with Crippen molar-refractivity contribution in [2.24, 2.45) is 0 Å². The first-order chi connectivity index (χ1) is 15.1. The molecule has 5 heteroatoms. The van der Waals surface area contributed by atoms with E-state index in [4.69, 9.17) is 16.6 Å². The molecule has 152 valence electrons. The van der Waals surface area contributed by atoms with Gasteiger partial charge < -0.3 is 4.98 Å². The summed E-state index contributed by atoms with van der Waals surface area (Å²) in [5.74, 6) is 0.500. The number of benzene rings is 3. The summed E-state index contributed by atoms with van der Waals surface area (Å²) >= 11 is 7.61. The molecule has 2 aromatic heterocycles. The van der Waals surface area contributed by atoms with Crippen molar-refractivity contribution >= 4 is 33.2 Å². The highest BCUT2D eigenvalue weighted by Crippen LogP contribution is 2.37. The number of hydrogen-bond acceptors (Lipinski definition) is 3. The summed E-state index contributed by atoms with van der Waals surface area (Å²) in [6.45, 7) is 2.03. The molecule has 31 heavy (non-hydrogen) atoms. The second-order valence-corrected chi connectivity index (χ2v) is 9.07. The molecule has 5 rings (SSSR count). The standard InChI is InChI=1S/C26H19ClN2OS/c1-16-21(19-12-14-20(27)15-13-19)23-25(30)28-24(29-26(23)31-16)22(17-8-4-2-5-9-17)18-10-6-3-7-11-18/h2-15,22H,1H3,(H,28,29,30). The third-order valence-corrected chi connectivity index (χ3v) is 6.68. The van der Waals surface area contributed by atoms with Crippen LogP contribution >= 0.6 is 22.9 Å². The summed E-state index contributed by atoms with van der Waals surface area (Å²) in [4.78, 5) is 23.2. The lowest BCUT2D eigenvalue weighted by Crippen LogP contribution is -2.16. The van der Waals surface area contributed by atoms with Gasteiger partial charge in [-0.2, -0.15) is 0 Å². The van der Waals surface area contributed by atoms with Crippen molar-refractivity contribution in [3.05, 3.63) is 122 Å². The normalized spacial score (nSPS) is 11.3. The van der Waals surface area contributed by atoms with Crippen LogP contribution < -0.4 is 5.56 Å². The second kappa shape index (κ2) is 8.14. The first kappa shape index (κ1) is 19.7. The molecular weight excluding hydrogens is 424 g/mol. The molecule has 0 aliphatic heterocycles. The van der Waals surface area contributed by atoms with E-state index in [0.29, 0.717) is 16.2 Å².